The Morgan fingerprint density at radius 3 is 2.65 bits per heavy atom. The Kier molecular flexibility index (Phi) is 7.98. The first kappa shape index (κ1) is 27.2. The molecule has 2 N–H and O–H groups in total. The molecule has 2 heterocycles. The van der Waals surface area contributed by atoms with Crippen molar-refractivity contribution in [1.29, 1.82) is 0 Å². The molecule has 0 aliphatic carbocycles. The molecular weight excluding hydrogens is 484 g/mol. The van der Waals surface area contributed by atoms with Gasteiger partial charge in [0, 0.05) is 34.7 Å². The van der Waals surface area contributed by atoms with Crippen LogP contribution >= 0.6 is 11.6 Å². The van der Waals surface area contributed by atoms with Gasteiger partial charge >= 0.3 is 0 Å². The molecule has 2 atom stereocenters. The number of benzene rings is 2. The number of rotatable bonds is 8. The van der Waals surface area contributed by atoms with Crippen LogP contribution in [0.15, 0.2) is 72.5 Å². The summed E-state index contributed by atoms with van der Waals surface area (Å²) in [7, 11) is 2.09. The Bertz CT molecular complexity index is 1240. The topological polar surface area (TPSA) is 61.8 Å². The Labute approximate surface area is 225 Å². The van der Waals surface area contributed by atoms with Gasteiger partial charge in [-0.2, -0.15) is 0 Å². The third-order valence-electron chi connectivity index (χ3n) is 7.69. The lowest BCUT2D eigenvalue weighted by Crippen LogP contribution is -2.46. The molecule has 0 saturated heterocycles. The molecule has 37 heavy (non-hydrogen) atoms. The van der Waals surface area contributed by atoms with E-state index in [-0.39, 0.29) is 11.8 Å². The number of nitrogens with one attached hydrogen (secondary N) is 1. The summed E-state index contributed by atoms with van der Waals surface area (Å²) in [5, 5.41) is 15.5. The van der Waals surface area contributed by atoms with Gasteiger partial charge < -0.3 is 20.1 Å². The van der Waals surface area contributed by atoms with Gasteiger partial charge in [-0.1, -0.05) is 49.7 Å². The minimum Gasteiger partial charge on any atom is -0.490 e. The number of ether oxygens (including phenoxy) is 1. The van der Waals surface area contributed by atoms with Gasteiger partial charge in [0.1, 0.15) is 12.4 Å². The van der Waals surface area contributed by atoms with Crippen LogP contribution in [0.25, 0.3) is 5.57 Å². The zero-order chi connectivity index (χ0) is 26.8. The average Bonchev–Trinajstić information content (AvgIpc) is 3.00. The summed E-state index contributed by atoms with van der Waals surface area (Å²) in [4.78, 5) is 14.4. The Balaban J connectivity index is 1.54. The van der Waals surface area contributed by atoms with Crippen molar-refractivity contribution in [2.24, 2.45) is 5.41 Å². The van der Waals surface area contributed by atoms with Crippen LogP contribution in [0.2, 0.25) is 5.02 Å². The predicted octanol–water partition coefficient (Wildman–Crippen LogP) is 5.99. The van der Waals surface area contributed by atoms with Gasteiger partial charge in [-0.3, -0.25) is 4.79 Å². The van der Waals surface area contributed by atoms with Crippen molar-refractivity contribution in [2.45, 2.75) is 45.8 Å². The normalized spacial score (nSPS) is 19.7. The number of dihydropyridines is 1. The first-order valence-electron chi connectivity index (χ1n) is 12.8. The zero-order valence-electron chi connectivity index (χ0n) is 22.3. The van der Waals surface area contributed by atoms with Crippen molar-refractivity contribution in [3.63, 3.8) is 0 Å². The molecule has 0 fully saturated rings. The number of Topliss-reactive ketones (excluding diaryl/α,β-unsaturated/α-hetero) is 1. The molecule has 196 valence electrons. The molecule has 2 unspecified atom stereocenters. The second kappa shape index (κ2) is 10.9. The Morgan fingerprint density at radius 1 is 1.22 bits per heavy atom. The highest BCUT2D eigenvalue weighted by molar-refractivity contribution is 6.30. The summed E-state index contributed by atoms with van der Waals surface area (Å²) in [6.45, 7) is 9.68. The summed E-state index contributed by atoms with van der Waals surface area (Å²) in [6.07, 6.45) is 9.13. The van der Waals surface area contributed by atoms with Crippen molar-refractivity contribution in [2.75, 3.05) is 26.7 Å². The Morgan fingerprint density at radius 2 is 1.95 bits per heavy atom. The van der Waals surface area contributed by atoms with E-state index < -0.39 is 11.0 Å². The first-order chi connectivity index (χ1) is 17.5. The van der Waals surface area contributed by atoms with Gasteiger partial charge in [0.2, 0.25) is 0 Å². The molecule has 2 aromatic carbocycles. The standard InChI is InChI=1S/C31H37ClN2O3/c1-21(35)22-10-15-29-27(18-22)25(26-8-6-16-33-28(26)19-37-29)9-7-17-34(5)20-30(2,3)31(4,36)23-11-13-24(32)14-12-23/h6,8-16,18,28,33,36H,7,17,19-20H2,1-5H3/b25-9+. The van der Waals surface area contributed by atoms with Gasteiger partial charge in [0.25, 0.3) is 0 Å². The number of carbonyl (C=O) groups is 1. The smallest absolute Gasteiger partial charge is 0.159 e. The van der Waals surface area contributed by atoms with Crippen LogP contribution in [0.3, 0.4) is 0 Å². The van der Waals surface area contributed by atoms with E-state index in [0.29, 0.717) is 23.7 Å². The van der Waals surface area contributed by atoms with Crippen LogP contribution in [-0.2, 0) is 5.60 Å². The maximum Gasteiger partial charge on any atom is 0.159 e. The lowest BCUT2D eigenvalue weighted by molar-refractivity contribution is -0.0698. The highest BCUT2D eigenvalue weighted by Gasteiger charge is 2.41. The van der Waals surface area contributed by atoms with Gasteiger partial charge in [0.05, 0.1) is 11.6 Å². The monoisotopic (exact) mass is 520 g/mol. The van der Waals surface area contributed by atoms with Crippen LogP contribution < -0.4 is 10.1 Å². The highest BCUT2D eigenvalue weighted by Crippen LogP contribution is 2.41. The van der Waals surface area contributed by atoms with Crippen LogP contribution in [0.1, 0.15) is 55.6 Å². The SMILES string of the molecule is CC(=O)c1ccc2c(c1)/C(=C/CCN(C)CC(C)(C)C(C)(O)c1ccc(Cl)cc1)C1=CC=CNC1CO2. The molecule has 2 aromatic rings. The number of fused-ring (bicyclic) bond motifs is 2. The minimum atomic E-state index is -1.02. The van der Waals surface area contributed by atoms with Crippen molar-refractivity contribution in [1.82, 2.24) is 10.2 Å². The molecule has 4 rings (SSSR count). The average molecular weight is 521 g/mol. The van der Waals surface area contributed by atoms with Crippen molar-refractivity contribution < 1.29 is 14.6 Å². The molecule has 5 nitrogen and oxygen atoms in total. The summed E-state index contributed by atoms with van der Waals surface area (Å²) < 4.78 is 6.13. The van der Waals surface area contributed by atoms with E-state index in [4.69, 9.17) is 16.3 Å². The molecule has 0 radical (unpaired) electrons. The molecule has 0 aromatic heterocycles. The van der Waals surface area contributed by atoms with Crippen LogP contribution in [-0.4, -0.2) is 48.6 Å². The summed E-state index contributed by atoms with van der Waals surface area (Å²) in [6, 6.07) is 13.2. The molecular formula is C31H37ClN2O3. The van der Waals surface area contributed by atoms with Crippen molar-refractivity contribution in [3.8, 4) is 5.75 Å². The third-order valence-corrected chi connectivity index (χ3v) is 7.94. The van der Waals surface area contributed by atoms with Crippen molar-refractivity contribution >= 4 is 23.0 Å². The molecule has 0 saturated carbocycles. The first-order valence-corrected chi connectivity index (χ1v) is 13.2. The fourth-order valence-corrected chi connectivity index (χ4v) is 5.21. The minimum absolute atomic E-state index is 0.0355. The van der Waals surface area contributed by atoms with Gasteiger partial charge in [-0.25, -0.2) is 0 Å². The molecule has 0 bridgehead atoms. The molecule has 6 heteroatoms. The number of halogens is 1. The second-order valence-corrected chi connectivity index (χ2v) is 11.3. The lowest BCUT2D eigenvalue weighted by Gasteiger charge is -2.43. The van der Waals surface area contributed by atoms with Crippen LogP contribution in [0.4, 0.5) is 0 Å². The maximum atomic E-state index is 12.1. The number of nitrogens with zero attached hydrogens (tertiary/aromatic N) is 1. The number of aliphatic hydroxyl groups is 1. The lowest BCUT2D eigenvalue weighted by atomic mass is 9.71. The summed E-state index contributed by atoms with van der Waals surface area (Å²) in [5.74, 6) is 0.829. The number of carbonyl (C=O) groups excluding carboxylic acids is 1. The van der Waals surface area contributed by atoms with Gasteiger partial charge in [-0.05, 0) is 86.6 Å². The predicted molar refractivity (Wildman–Crippen MR) is 151 cm³/mol. The van der Waals surface area contributed by atoms with E-state index in [1.54, 1.807) is 6.92 Å². The fourth-order valence-electron chi connectivity index (χ4n) is 5.09. The summed E-state index contributed by atoms with van der Waals surface area (Å²) in [5.41, 5.74) is 3.30. The quantitative estimate of drug-likeness (QED) is 0.419. The number of hydrogen-bond donors (Lipinski definition) is 2. The molecule has 2 aliphatic rings. The number of allylic oxidation sites excluding steroid dienone is 2. The number of ketones is 1. The second-order valence-electron chi connectivity index (χ2n) is 10.9. The van der Waals surface area contributed by atoms with E-state index >= 15 is 0 Å². The zero-order valence-corrected chi connectivity index (χ0v) is 23.1. The van der Waals surface area contributed by atoms with Gasteiger partial charge in [0.15, 0.2) is 5.78 Å². The third kappa shape index (κ3) is 5.85. The molecule has 0 amide bonds. The van der Waals surface area contributed by atoms with E-state index in [9.17, 15) is 9.90 Å². The van der Waals surface area contributed by atoms with Crippen LogP contribution in [0, 0.1) is 5.41 Å². The largest absolute Gasteiger partial charge is 0.490 e. The number of hydrogen-bond acceptors (Lipinski definition) is 5. The maximum absolute atomic E-state index is 12.1. The molecule has 0 spiro atoms. The van der Waals surface area contributed by atoms with Crippen molar-refractivity contribution in [3.05, 3.63) is 94.2 Å². The highest BCUT2D eigenvalue weighted by atomic mass is 35.5. The summed E-state index contributed by atoms with van der Waals surface area (Å²) >= 11 is 6.06. The van der Waals surface area contributed by atoms with Crippen LogP contribution in [0.5, 0.6) is 5.75 Å². The van der Waals surface area contributed by atoms with E-state index in [1.165, 1.54) is 0 Å². The van der Waals surface area contributed by atoms with E-state index in [1.807, 2.05) is 61.7 Å². The van der Waals surface area contributed by atoms with Gasteiger partial charge in [-0.15, -0.1) is 0 Å². The molecule has 2 aliphatic heterocycles. The van der Waals surface area contributed by atoms with E-state index in [2.05, 4.69) is 43.3 Å². The van der Waals surface area contributed by atoms with E-state index in [0.717, 1.165) is 41.0 Å². The fraction of sp³-hybridized carbons (Fsp3) is 0.387. The Hall–Kier alpha value is -2.86.